The lowest BCUT2D eigenvalue weighted by atomic mass is 10.0. The number of carbonyl (C=O) groups is 1. The van der Waals surface area contributed by atoms with Crippen LogP contribution in [0.2, 0.25) is 0 Å². The Balaban J connectivity index is 1.69. The number of thioether (sulfide) groups is 1. The smallest absolute Gasteiger partial charge is 0.239 e. The van der Waals surface area contributed by atoms with E-state index in [0.717, 1.165) is 31.2 Å². The predicted octanol–water partition coefficient (Wildman–Crippen LogP) is 4.78. The number of hydrogen-bond donors (Lipinski definition) is 1. The van der Waals surface area contributed by atoms with Gasteiger partial charge in [0.1, 0.15) is 33.6 Å². The molecule has 1 atom stereocenters. The van der Waals surface area contributed by atoms with Crippen molar-refractivity contribution >= 4 is 45.0 Å². The minimum absolute atomic E-state index is 0.187. The molecule has 1 amide bonds. The molecule has 0 spiro atoms. The van der Waals surface area contributed by atoms with Crippen LogP contribution < -0.4 is 5.32 Å². The van der Waals surface area contributed by atoms with Crippen molar-refractivity contribution < 1.29 is 4.79 Å². The zero-order valence-corrected chi connectivity index (χ0v) is 18.9. The second-order valence-corrected chi connectivity index (χ2v) is 9.30. The number of nitrogens with zero attached hydrogens (tertiary/aromatic N) is 5. The van der Waals surface area contributed by atoms with E-state index >= 15 is 0 Å². The Morgan fingerprint density at radius 2 is 2.10 bits per heavy atom. The first kappa shape index (κ1) is 21.0. The molecule has 31 heavy (non-hydrogen) atoms. The van der Waals surface area contributed by atoms with Crippen LogP contribution in [0.1, 0.15) is 23.8 Å². The van der Waals surface area contributed by atoms with Crippen molar-refractivity contribution in [2.24, 2.45) is 7.05 Å². The molecule has 0 radical (unpaired) electrons. The van der Waals surface area contributed by atoms with Crippen LogP contribution in [0.15, 0.2) is 47.9 Å². The highest BCUT2D eigenvalue weighted by Gasteiger charge is 2.24. The first-order valence-electron chi connectivity index (χ1n) is 9.72. The number of rotatable bonds is 6. The van der Waals surface area contributed by atoms with Crippen molar-refractivity contribution in [1.82, 2.24) is 19.7 Å². The molecule has 3 heterocycles. The van der Waals surface area contributed by atoms with Crippen molar-refractivity contribution in [2.45, 2.75) is 30.5 Å². The fraction of sp³-hybridized carbons (Fsp3) is 0.227. The van der Waals surface area contributed by atoms with Crippen LogP contribution in [0.4, 0.5) is 5.82 Å². The Bertz CT molecular complexity index is 1290. The minimum atomic E-state index is -0.386. The standard InChI is InChI=1S/C22H20N6OS2/c1-4-16(20(29)27-19-15(10-23)11-26-28(19)3)31-22-18-17(14-8-6-5-7-9-14)13(2)30-21(18)24-12-25-22/h5-9,11-12,16H,4H2,1-3H3,(H,27,29). The summed E-state index contributed by atoms with van der Waals surface area (Å²) in [7, 11) is 1.69. The third kappa shape index (κ3) is 4.04. The van der Waals surface area contributed by atoms with Crippen LogP contribution in [0, 0.1) is 18.3 Å². The number of benzene rings is 1. The van der Waals surface area contributed by atoms with Crippen molar-refractivity contribution in [3.8, 4) is 17.2 Å². The number of nitriles is 1. The van der Waals surface area contributed by atoms with Gasteiger partial charge in [0.25, 0.3) is 0 Å². The van der Waals surface area contributed by atoms with Gasteiger partial charge in [-0.3, -0.25) is 9.48 Å². The zero-order valence-electron chi connectivity index (χ0n) is 17.3. The number of nitrogens with one attached hydrogen (secondary N) is 1. The van der Waals surface area contributed by atoms with Gasteiger partial charge in [-0.25, -0.2) is 9.97 Å². The lowest BCUT2D eigenvalue weighted by molar-refractivity contribution is -0.115. The van der Waals surface area contributed by atoms with Gasteiger partial charge in [-0.15, -0.1) is 11.3 Å². The quantitative estimate of drug-likeness (QED) is 0.337. The van der Waals surface area contributed by atoms with Crippen LogP contribution in [-0.2, 0) is 11.8 Å². The summed E-state index contributed by atoms with van der Waals surface area (Å²) in [6.45, 7) is 4.04. The molecule has 1 aromatic carbocycles. The molecule has 0 saturated carbocycles. The van der Waals surface area contributed by atoms with E-state index in [4.69, 9.17) is 0 Å². The van der Waals surface area contributed by atoms with Crippen LogP contribution in [0.25, 0.3) is 21.3 Å². The van der Waals surface area contributed by atoms with E-state index in [1.807, 2.05) is 25.1 Å². The van der Waals surface area contributed by atoms with Crippen LogP contribution >= 0.6 is 23.1 Å². The van der Waals surface area contributed by atoms with E-state index < -0.39 is 0 Å². The Morgan fingerprint density at radius 1 is 1.32 bits per heavy atom. The highest BCUT2D eigenvalue weighted by atomic mass is 32.2. The molecular weight excluding hydrogens is 428 g/mol. The summed E-state index contributed by atoms with van der Waals surface area (Å²) in [6.07, 6.45) is 3.60. The molecule has 7 nitrogen and oxygen atoms in total. The van der Waals surface area contributed by atoms with Crippen molar-refractivity contribution in [2.75, 3.05) is 5.32 Å². The van der Waals surface area contributed by atoms with Gasteiger partial charge in [0, 0.05) is 17.5 Å². The number of carbonyl (C=O) groups excluding carboxylic acids is 1. The molecule has 156 valence electrons. The van der Waals surface area contributed by atoms with E-state index in [0.29, 0.717) is 17.8 Å². The summed E-state index contributed by atoms with van der Waals surface area (Å²) >= 11 is 3.05. The highest BCUT2D eigenvalue weighted by molar-refractivity contribution is 8.00. The number of thiophene rings is 1. The lowest BCUT2D eigenvalue weighted by Crippen LogP contribution is -2.26. The zero-order chi connectivity index (χ0) is 22.0. The molecule has 0 aliphatic rings. The second kappa shape index (κ2) is 8.88. The molecule has 1 N–H and O–H groups in total. The number of hydrogen-bond acceptors (Lipinski definition) is 7. The van der Waals surface area contributed by atoms with Gasteiger partial charge >= 0.3 is 0 Å². The lowest BCUT2D eigenvalue weighted by Gasteiger charge is -2.15. The molecule has 0 aliphatic heterocycles. The molecule has 1 unspecified atom stereocenters. The Hall–Kier alpha value is -3.22. The molecular formula is C22H20N6OS2. The van der Waals surface area contributed by atoms with E-state index in [2.05, 4.69) is 45.5 Å². The monoisotopic (exact) mass is 448 g/mol. The molecule has 0 saturated heterocycles. The number of aromatic nitrogens is 4. The van der Waals surface area contributed by atoms with Crippen LogP contribution in [0.5, 0.6) is 0 Å². The first-order chi connectivity index (χ1) is 15.0. The molecule has 0 aliphatic carbocycles. The number of amides is 1. The fourth-order valence-electron chi connectivity index (χ4n) is 3.38. The predicted molar refractivity (Wildman–Crippen MR) is 124 cm³/mol. The Labute approximate surface area is 188 Å². The van der Waals surface area contributed by atoms with Crippen molar-refractivity contribution in [3.63, 3.8) is 0 Å². The van der Waals surface area contributed by atoms with Gasteiger partial charge in [0.15, 0.2) is 0 Å². The number of fused-ring (bicyclic) bond motifs is 1. The Morgan fingerprint density at radius 3 is 2.81 bits per heavy atom. The van der Waals surface area contributed by atoms with Gasteiger partial charge in [-0.05, 0) is 18.9 Å². The van der Waals surface area contributed by atoms with E-state index in [-0.39, 0.29) is 11.2 Å². The number of anilines is 1. The second-order valence-electron chi connectivity index (χ2n) is 6.90. The van der Waals surface area contributed by atoms with Gasteiger partial charge in [0.05, 0.1) is 16.8 Å². The molecule has 0 fully saturated rings. The molecule has 0 bridgehead atoms. The number of aryl methyl sites for hydroxylation is 2. The SMILES string of the molecule is CCC(Sc1ncnc2sc(C)c(-c3ccccc3)c12)C(=O)Nc1c(C#N)cnn1C. The fourth-order valence-corrected chi connectivity index (χ4v) is 5.49. The summed E-state index contributed by atoms with van der Waals surface area (Å²) < 4.78 is 1.49. The highest BCUT2D eigenvalue weighted by Crippen LogP contribution is 2.42. The van der Waals surface area contributed by atoms with Gasteiger partial charge < -0.3 is 5.32 Å². The van der Waals surface area contributed by atoms with E-state index in [1.165, 1.54) is 22.6 Å². The molecule has 3 aromatic heterocycles. The summed E-state index contributed by atoms with van der Waals surface area (Å²) in [5.74, 6) is 0.211. The van der Waals surface area contributed by atoms with Gasteiger partial charge in [-0.2, -0.15) is 10.4 Å². The molecule has 9 heteroatoms. The summed E-state index contributed by atoms with van der Waals surface area (Å²) in [5.41, 5.74) is 2.55. The van der Waals surface area contributed by atoms with Crippen molar-refractivity contribution in [1.29, 1.82) is 5.26 Å². The van der Waals surface area contributed by atoms with Crippen molar-refractivity contribution in [3.05, 3.63) is 53.3 Å². The third-order valence-electron chi connectivity index (χ3n) is 4.91. The maximum atomic E-state index is 13.0. The first-order valence-corrected chi connectivity index (χ1v) is 11.4. The summed E-state index contributed by atoms with van der Waals surface area (Å²) in [6, 6.07) is 12.2. The average Bonchev–Trinajstić information content (AvgIpc) is 3.31. The molecule has 4 aromatic rings. The maximum absolute atomic E-state index is 13.0. The average molecular weight is 449 g/mol. The third-order valence-corrected chi connectivity index (χ3v) is 7.29. The van der Waals surface area contributed by atoms with Gasteiger partial charge in [0.2, 0.25) is 5.91 Å². The summed E-state index contributed by atoms with van der Waals surface area (Å²) in [4.78, 5) is 24.1. The van der Waals surface area contributed by atoms with E-state index in [9.17, 15) is 10.1 Å². The van der Waals surface area contributed by atoms with E-state index in [1.54, 1.807) is 24.7 Å². The Kier molecular flexibility index (Phi) is 6.02. The maximum Gasteiger partial charge on any atom is 0.239 e. The van der Waals surface area contributed by atoms with Gasteiger partial charge in [-0.1, -0.05) is 49.0 Å². The minimum Gasteiger partial charge on any atom is -0.309 e. The van der Waals surface area contributed by atoms with Crippen LogP contribution in [-0.4, -0.2) is 30.9 Å². The topological polar surface area (TPSA) is 96.5 Å². The molecule has 4 rings (SSSR count). The van der Waals surface area contributed by atoms with Crippen LogP contribution in [0.3, 0.4) is 0 Å². The normalized spacial score (nSPS) is 11.9. The summed E-state index contributed by atoms with van der Waals surface area (Å²) in [5, 5.41) is 17.5. The largest absolute Gasteiger partial charge is 0.309 e.